The quantitative estimate of drug-likeness (QED) is 0.279. The molecule has 136 valence electrons. The number of rotatable bonds is 6. The van der Waals surface area contributed by atoms with Crippen LogP contribution in [0.4, 0.5) is 5.69 Å². The zero-order chi connectivity index (χ0) is 19.2. The first kappa shape index (κ1) is 18.1. The Kier molecular flexibility index (Phi) is 5.41. The third-order valence-corrected chi connectivity index (χ3v) is 3.69. The zero-order valence-corrected chi connectivity index (χ0v) is 14.5. The minimum absolute atomic E-state index is 0.0262. The Bertz CT molecular complexity index is 992. The van der Waals surface area contributed by atoms with Crippen molar-refractivity contribution in [3.63, 3.8) is 0 Å². The van der Waals surface area contributed by atoms with Crippen molar-refractivity contribution in [2.24, 2.45) is 0 Å². The predicted octanol–water partition coefficient (Wildman–Crippen LogP) is 4.35. The highest BCUT2D eigenvalue weighted by Crippen LogP contribution is 2.27. The van der Waals surface area contributed by atoms with E-state index in [0.717, 1.165) is 0 Å². The highest BCUT2D eigenvalue weighted by Gasteiger charge is 2.16. The summed E-state index contributed by atoms with van der Waals surface area (Å²) < 4.78 is 10.9. The van der Waals surface area contributed by atoms with Gasteiger partial charge >= 0.3 is 5.97 Å². The molecular formula is C20H16N2O5. The maximum absolute atomic E-state index is 12.3. The molecular weight excluding hydrogens is 348 g/mol. The maximum Gasteiger partial charge on any atom is 0.340 e. The number of furan rings is 1. The molecule has 0 bridgehead atoms. The van der Waals surface area contributed by atoms with Crippen LogP contribution in [-0.4, -0.2) is 22.5 Å². The SMILES string of the molecule is CCOC(=O)C(=Cc1ccc(-c2cccc([N+](=O)[O-])c2)o1)c1ccccn1. The molecule has 0 radical (unpaired) electrons. The van der Waals surface area contributed by atoms with E-state index in [-0.39, 0.29) is 17.9 Å². The molecule has 1 aromatic carbocycles. The van der Waals surface area contributed by atoms with Crippen LogP contribution in [0.5, 0.6) is 0 Å². The molecule has 0 unspecified atom stereocenters. The molecule has 0 aliphatic heterocycles. The van der Waals surface area contributed by atoms with Gasteiger partial charge in [-0.2, -0.15) is 0 Å². The van der Waals surface area contributed by atoms with Crippen LogP contribution < -0.4 is 0 Å². The van der Waals surface area contributed by atoms with Crippen LogP contribution in [0.1, 0.15) is 18.4 Å². The van der Waals surface area contributed by atoms with Crippen LogP contribution in [0.25, 0.3) is 23.0 Å². The molecule has 0 fully saturated rings. The lowest BCUT2D eigenvalue weighted by Gasteiger charge is -2.05. The van der Waals surface area contributed by atoms with Gasteiger partial charge in [0.25, 0.3) is 5.69 Å². The number of carbonyl (C=O) groups excluding carboxylic acids is 1. The van der Waals surface area contributed by atoms with Crippen molar-refractivity contribution in [2.75, 3.05) is 6.61 Å². The van der Waals surface area contributed by atoms with Crippen molar-refractivity contribution in [3.05, 3.63) is 82.4 Å². The lowest BCUT2D eigenvalue weighted by atomic mass is 10.1. The van der Waals surface area contributed by atoms with Gasteiger partial charge in [0.2, 0.25) is 0 Å². The number of benzene rings is 1. The second kappa shape index (κ2) is 8.09. The van der Waals surface area contributed by atoms with Crippen LogP contribution in [0.15, 0.2) is 65.2 Å². The molecule has 7 heteroatoms. The maximum atomic E-state index is 12.3. The number of aromatic nitrogens is 1. The lowest BCUT2D eigenvalue weighted by molar-refractivity contribution is -0.384. The monoisotopic (exact) mass is 364 g/mol. The van der Waals surface area contributed by atoms with E-state index in [9.17, 15) is 14.9 Å². The predicted molar refractivity (Wildman–Crippen MR) is 99.5 cm³/mol. The molecule has 3 rings (SSSR count). The molecule has 0 saturated heterocycles. The first-order chi connectivity index (χ1) is 13.1. The van der Waals surface area contributed by atoms with Gasteiger partial charge in [0.15, 0.2) is 0 Å². The van der Waals surface area contributed by atoms with Crippen LogP contribution in [0, 0.1) is 10.1 Å². The fraction of sp³-hybridized carbons (Fsp3) is 0.100. The summed E-state index contributed by atoms with van der Waals surface area (Å²) in [5.74, 6) is 0.351. The minimum atomic E-state index is -0.510. The van der Waals surface area contributed by atoms with Gasteiger partial charge in [-0.25, -0.2) is 4.79 Å². The Morgan fingerprint density at radius 2 is 2.07 bits per heavy atom. The fourth-order valence-electron chi connectivity index (χ4n) is 2.47. The second-order valence-corrected chi connectivity index (χ2v) is 5.50. The largest absolute Gasteiger partial charge is 0.462 e. The number of hydrogen-bond acceptors (Lipinski definition) is 6. The normalized spacial score (nSPS) is 11.2. The van der Waals surface area contributed by atoms with E-state index in [1.165, 1.54) is 12.1 Å². The van der Waals surface area contributed by atoms with E-state index in [1.807, 2.05) is 0 Å². The number of non-ortho nitro benzene ring substituents is 1. The minimum Gasteiger partial charge on any atom is -0.462 e. The van der Waals surface area contributed by atoms with Crippen molar-refractivity contribution in [2.45, 2.75) is 6.92 Å². The average Bonchev–Trinajstić information content (AvgIpc) is 3.16. The number of carbonyl (C=O) groups is 1. The van der Waals surface area contributed by atoms with Crippen molar-refractivity contribution in [1.82, 2.24) is 4.98 Å². The fourth-order valence-corrected chi connectivity index (χ4v) is 2.47. The van der Waals surface area contributed by atoms with Crippen molar-refractivity contribution >= 4 is 23.3 Å². The molecule has 0 aliphatic carbocycles. The van der Waals surface area contributed by atoms with Gasteiger partial charge in [-0.1, -0.05) is 18.2 Å². The molecule has 0 N–H and O–H groups in total. The summed E-state index contributed by atoms with van der Waals surface area (Å²) in [5.41, 5.74) is 1.27. The highest BCUT2D eigenvalue weighted by atomic mass is 16.6. The molecule has 2 aromatic heterocycles. The van der Waals surface area contributed by atoms with E-state index < -0.39 is 10.9 Å². The summed E-state index contributed by atoms with van der Waals surface area (Å²) in [6, 6.07) is 14.7. The van der Waals surface area contributed by atoms with Crippen LogP contribution in [0.3, 0.4) is 0 Å². The van der Waals surface area contributed by atoms with Gasteiger partial charge in [0, 0.05) is 23.9 Å². The van der Waals surface area contributed by atoms with Gasteiger partial charge in [0.05, 0.1) is 22.8 Å². The van der Waals surface area contributed by atoms with Gasteiger partial charge < -0.3 is 9.15 Å². The molecule has 0 saturated carbocycles. The lowest BCUT2D eigenvalue weighted by Crippen LogP contribution is -2.07. The first-order valence-electron chi connectivity index (χ1n) is 8.23. The smallest absolute Gasteiger partial charge is 0.340 e. The van der Waals surface area contributed by atoms with Gasteiger partial charge in [-0.05, 0) is 37.3 Å². The van der Waals surface area contributed by atoms with Gasteiger partial charge in [-0.3, -0.25) is 15.1 Å². The van der Waals surface area contributed by atoms with Crippen LogP contribution >= 0.6 is 0 Å². The van der Waals surface area contributed by atoms with Crippen molar-refractivity contribution < 1.29 is 18.9 Å². The zero-order valence-electron chi connectivity index (χ0n) is 14.5. The number of nitro groups is 1. The number of ether oxygens (including phenoxy) is 1. The number of nitro benzene ring substituents is 1. The topological polar surface area (TPSA) is 95.5 Å². The third kappa shape index (κ3) is 4.27. The molecule has 0 spiro atoms. The number of nitrogens with zero attached hydrogens (tertiary/aromatic N) is 2. The number of pyridine rings is 1. The summed E-state index contributed by atoms with van der Waals surface area (Å²) in [7, 11) is 0. The van der Waals surface area contributed by atoms with Crippen LogP contribution in [0.2, 0.25) is 0 Å². The Balaban J connectivity index is 1.97. The molecule has 0 atom stereocenters. The highest BCUT2D eigenvalue weighted by molar-refractivity contribution is 6.20. The second-order valence-electron chi connectivity index (χ2n) is 5.50. The van der Waals surface area contributed by atoms with Gasteiger partial charge in [0.1, 0.15) is 11.5 Å². The number of hydrogen-bond donors (Lipinski definition) is 0. The Morgan fingerprint density at radius 3 is 2.78 bits per heavy atom. The Morgan fingerprint density at radius 1 is 1.22 bits per heavy atom. The standard InChI is InChI=1S/C20H16N2O5/c1-2-26-20(23)17(18-8-3-4-11-21-18)13-16-9-10-19(27-16)14-6-5-7-15(12-14)22(24)25/h3-13H,2H2,1H3. The Hall–Kier alpha value is -3.74. The Labute approximate surface area is 155 Å². The molecule has 7 nitrogen and oxygen atoms in total. The average molecular weight is 364 g/mol. The van der Waals surface area contributed by atoms with E-state index in [1.54, 1.807) is 61.7 Å². The summed E-state index contributed by atoms with van der Waals surface area (Å²) in [5, 5.41) is 10.9. The molecule has 2 heterocycles. The van der Waals surface area contributed by atoms with E-state index >= 15 is 0 Å². The molecule has 3 aromatic rings. The summed E-state index contributed by atoms with van der Waals surface area (Å²) in [4.78, 5) is 27.0. The van der Waals surface area contributed by atoms with E-state index in [0.29, 0.717) is 22.8 Å². The summed E-state index contributed by atoms with van der Waals surface area (Å²) >= 11 is 0. The first-order valence-corrected chi connectivity index (χ1v) is 8.23. The third-order valence-electron chi connectivity index (χ3n) is 3.69. The van der Waals surface area contributed by atoms with E-state index in [4.69, 9.17) is 9.15 Å². The molecule has 27 heavy (non-hydrogen) atoms. The van der Waals surface area contributed by atoms with Gasteiger partial charge in [-0.15, -0.1) is 0 Å². The summed E-state index contributed by atoms with van der Waals surface area (Å²) in [6.45, 7) is 1.96. The van der Waals surface area contributed by atoms with E-state index in [2.05, 4.69) is 4.98 Å². The summed E-state index contributed by atoms with van der Waals surface area (Å²) in [6.07, 6.45) is 3.13. The van der Waals surface area contributed by atoms with Crippen molar-refractivity contribution in [3.8, 4) is 11.3 Å². The van der Waals surface area contributed by atoms with Crippen molar-refractivity contribution in [1.29, 1.82) is 0 Å². The van der Waals surface area contributed by atoms with Crippen LogP contribution in [-0.2, 0) is 9.53 Å². The molecule has 0 amide bonds. The molecule has 0 aliphatic rings. The number of esters is 1.